The molecule has 22 heavy (non-hydrogen) atoms. The van der Waals surface area contributed by atoms with E-state index in [2.05, 4.69) is 20.6 Å². The van der Waals surface area contributed by atoms with E-state index in [1.807, 2.05) is 30.3 Å². The highest BCUT2D eigenvalue weighted by atomic mass is 35.5. The molecule has 0 radical (unpaired) electrons. The molecule has 1 aliphatic rings. The van der Waals surface area contributed by atoms with Crippen molar-refractivity contribution in [2.75, 3.05) is 10.6 Å². The van der Waals surface area contributed by atoms with Crippen molar-refractivity contribution in [3.05, 3.63) is 41.6 Å². The molecule has 2 N–H and O–H groups in total. The lowest BCUT2D eigenvalue weighted by Crippen LogP contribution is -2.19. The number of nitrogens with zero attached hydrogens (tertiary/aromatic N) is 2. The van der Waals surface area contributed by atoms with Gasteiger partial charge in [0.1, 0.15) is 5.82 Å². The molecule has 0 aliphatic heterocycles. The Labute approximate surface area is 136 Å². The SMILES string of the molecule is Clc1ccccc1Nc1nccc(NC2CCCCCC2)n1. The first kappa shape index (κ1) is 15.1. The standard InChI is InChI=1S/C17H21ClN4/c18-14-9-5-6-10-15(14)21-17-19-12-11-16(22-17)20-13-7-3-1-2-4-8-13/h5-6,9-13H,1-4,7-8H2,(H2,19,20,21,22). The van der Waals surface area contributed by atoms with E-state index in [1.54, 1.807) is 6.20 Å². The van der Waals surface area contributed by atoms with E-state index in [0.29, 0.717) is 17.0 Å². The van der Waals surface area contributed by atoms with Gasteiger partial charge in [-0.05, 0) is 31.0 Å². The van der Waals surface area contributed by atoms with Crippen molar-refractivity contribution < 1.29 is 0 Å². The van der Waals surface area contributed by atoms with Crippen LogP contribution in [0.3, 0.4) is 0 Å². The summed E-state index contributed by atoms with van der Waals surface area (Å²) in [6.07, 6.45) is 9.50. The summed E-state index contributed by atoms with van der Waals surface area (Å²) in [6, 6.07) is 10.0. The zero-order chi connectivity index (χ0) is 15.2. The Morgan fingerprint density at radius 1 is 1.00 bits per heavy atom. The molecule has 0 spiro atoms. The van der Waals surface area contributed by atoms with Gasteiger partial charge in [-0.2, -0.15) is 4.98 Å². The Bertz CT molecular complexity index is 609. The van der Waals surface area contributed by atoms with Crippen molar-refractivity contribution in [1.29, 1.82) is 0 Å². The maximum absolute atomic E-state index is 6.15. The van der Waals surface area contributed by atoms with Crippen LogP contribution in [-0.4, -0.2) is 16.0 Å². The van der Waals surface area contributed by atoms with Crippen LogP contribution < -0.4 is 10.6 Å². The fraction of sp³-hybridized carbons (Fsp3) is 0.412. The number of benzene rings is 1. The zero-order valence-electron chi connectivity index (χ0n) is 12.6. The van der Waals surface area contributed by atoms with Crippen molar-refractivity contribution in [2.45, 2.75) is 44.6 Å². The fourth-order valence-electron chi connectivity index (χ4n) is 2.82. The van der Waals surface area contributed by atoms with Crippen LogP contribution in [0.1, 0.15) is 38.5 Å². The van der Waals surface area contributed by atoms with Crippen LogP contribution in [0.2, 0.25) is 5.02 Å². The third kappa shape index (κ3) is 4.10. The second-order valence-electron chi connectivity index (χ2n) is 5.70. The molecule has 0 atom stereocenters. The molecule has 1 aromatic carbocycles. The first-order chi connectivity index (χ1) is 10.8. The Morgan fingerprint density at radius 3 is 2.55 bits per heavy atom. The number of halogens is 1. The molecule has 0 unspecified atom stereocenters. The monoisotopic (exact) mass is 316 g/mol. The van der Waals surface area contributed by atoms with Gasteiger partial charge in [0.25, 0.3) is 0 Å². The molecule has 5 heteroatoms. The molecule has 1 fully saturated rings. The summed E-state index contributed by atoms with van der Waals surface area (Å²) in [5, 5.41) is 7.37. The third-order valence-corrected chi connectivity index (χ3v) is 4.31. The molecule has 4 nitrogen and oxygen atoms in total. The summed E-state index contributed by atoms with van der Waals surface area (Å²) in [5.74, 6) is 1.43. The average Bonchev–Trinajstić information content (AvgIpc) is 2.79. The summed E-state index contributed by atoms with van der Waals surface area (Å²) >= 11 is 6.15. The smallest absolute Gasteiger partial charge is 0.229 e. The number of hydrogen-bond acceptors (Lipinski definition) is 4. The van der Waals surface area contributed by atoms with Gasteiger partial charge in [-0.25, -0.2) is 4.98 Å². The van der Waals surface area contributed by atoms with Crippen LogP contribution in [0, 0.1) is 0 Å². The molecule has 1 aliphatic carbocycles. The molecular weight excluding hydrogens is 296 g/mol. The summed E-state index contributed by atoms with van der Waals surface area (Å²) in [7, 11) is 0. The van der Waals surface area contributed by atoms with Gasteiger partial charge in [0.2, 0.25) is 5.95 Å². The van der Waals surface area contributed by atoms with Crippen molar-refractivity contribution in [3.63, 3.8) is 0 Å². The number of rotatable bonds is 4. The number of aromatic nitrogens is 2. The molecule has 0 saturated heterocycles. The van der Waals surface area contributed by atoms with Crippen LogP contribution in [-0.2, 0) is 0 Å². The molecule has 1 aromatic heterocycles. The first-order valence-corrected chi connectivity index (χ1v) is 8.30. The number of para-hydroxylation sites is 1. The minimum atomic E-state index is 0.519. The molecular formula is C17H21ClN4. The van der Waals surface area contributed by atoms with Crippen LogP contribution >= 0.6 is 11.6 Å². The molecule has 3 rings (SSSR count). The van der Waals surface area contributed by atoms with Gasteiger partial charge >= 0.3 is 0 Å². The molecule has 2 aromatic rings. The van der Waals surface area contributed by atoms with Gasteiger partial charge in [-0.15, -0.1) is 0 Å². The Kier molecular flexibility index (Phi) is 5.11. The van der Waals surface area contributed by atoms with Gasteiger partial charge < -0.3 is 10.6 Å². The van der Waals surface area contributed by atoms with Gasteiger partial charge in [0.05, 0.1) is 10.7 Å². The minimum Gasteiger partial charge on any atom is -0.367 e. The highest BCUT2D eigenvalue weighted by Gasteiger charge is 2.12. The number of anilines is 3. The molecule has 116 valence electrons. The average molecular weight is 317 g/mol. The van der Waals surface area contributed by atoms with Crippen LogP contribution in [0.25, 0.3) is 0 Å². The summed E-state index contributed by atoms with van der Waals surface area (Å²) in [4.78, 5) is 8.81. The van der Waals surface area contributed by atoms with Crippen LogP contribution in [0.5, 0.6) is 0 Å². The van der Waals surface area contributed by atoms with Crippen LogP contribution in [0.4, 0.5) is 17.5 Å². The quantitative estimate of drug-likeness (QED) is 0.779. The highest BCUT2D eigenvalue weighted by molar-refractivity contribution is 6.33. The van der Waals surface area contributed by atoms with Gasteiger partial charge in [0.15, 0.2) is 0 Å². The lowest BCUT2D eigenvalue weighted by molar-refractivity contribution is 0.617. The van der Waals surface area contributed by atoms with E-state index in [1.165, 1.54) is 38.5 Å². The predicted molar refractivity (Wildman–Crippen MR) is 91.9 cm³/mol. The maximum Gasteiger partial charge on any atom is 0.229 e. The minimum absolute atomic E-state index is 0.519. The molecule has 0 amide bonds. The second kappa shape index (κ2) is 7.45. The molecule has 1 heterocycles. The lowest BCUT2D eigenvalue weighted by atomic mass is 10.1. The van der Waals surface area contributed by atoms with Crippen molar-refractivity contribution >= 4 is 29.1 Å². The topological polar surface area (TPSA) is 49.8 Å². The number of hydrogen-bond donors (Lipinski definition) is 2. The third-order valence-electron chi connectivity index (χ3n) is 3.98. The van der Waals surface area contributed by atoms with E-state index >= 15 is 0 Å². The summed E-state index contributed by atoms with van der Waals surface area (Å²) in [6.45, 7) is 0. The summed E-state index contributed by atoms with van der Waals surface area (Å²) < 4.78 is 0. The van der Waals surface area contributed by atoms with E-state index < -0.39 is 0 Å². The lowest BCUT2D eigenvalue weighted by Gasteiger charge is -2.17. The molecule has 1 saturated carbocycles. The Morgan fingerprint density at radius 2 is 1.77 bits per heavy atom. The zero-order valence-corrected chi connectivity index (χ0v) is 13.3. The normalized spacial score (nSPS) is 16.0. The van der Waals surface area contributed by atoms with Crippen molar-refractivity contribution in [1.82, 2.24) is 9.97 Å². The maximum atomic E-state index is 6.15. The van der Waals surface area contributed by atoms with E-state index in [4.69, 9.17) is 11.6 Å². The Hall–Kier alpha value is -1.81. The Balaban J connectivity index is 1.68. The highest BCUT2D eigenvalue weighted by Crippen LogP contribution is 2.24. The van der Waals surface area contributed by atoms with E-state index in [9.17, 15) is 0 Å². The second-order valence-corrected chi connectivity index (χ2v) is 6.11. The van der Waals surface area contributed by atoms with Gasteiger partial charge in [-0.1, -0.05) is 49.4 Å². The van der Waals surface area contributed by atoms with E-state index in [0.717, 1.165) is 11.5 Å². The van der Waals surface area contributed by atoms with Crippen molar-refractivity contribution in [2.24, 2.45) is 0 Å². The number of nitrogens with one attached hydrogen (secondary N) is 2. The summed E-state index contributed by atoms with van der Waals surface area (Å²) in [5.41, 5.74) is 0.816. The van der Waals surface area contributed by atoms with E-state index in [-0.39, 0.29) is 0 Å². The van der Waals surface area contributed by atoms with Gasteiger partial charge in [-0.3, -0.25) is 0 Å². The van der Waals surface area contributed by atoms with Crippen molar-refractivity contribution in [3.8, 4) is 0 Å². The molecule has 0 bridgehead atoms. The largest absolute Gasteiger partial charge is 0.367 e. The van der Waals surface area contributed by atoms with Gasteiger partial charge in [0, 0.05) is 12.2 Å². The first-order valence-electron chi connectivity index (χ1n) is 7.92. The fourth-order valence-corrected chi connectivity index (χ4v) is 3.00. The predicted octanol–water partition coefficient (Wildman–Crippen LogP) is 5.01. The van der Waals surface area contributed by atoms with Crippen LogP contribution in [0.15, 0.2) is 36.5 Å².